The highest BCUT2D eigenvalue weighted by Gasteiger charge is 1.71. The van der Waals surface area contributed by atoms with E-state index >= 15 is 0 Å². The lowest BCUT2D eigenvalue weighted by atomic mass is 10.9. The molecule has 60 valence electrons. The summed E-state index contributed by atoms with van der Waals surface area (Å²) in [6.07, 6.45) is 2.83. The lowest BCUT2D eigenvalue weighted by Gasteiger charge is -1.76. The molecule has 0 atom stereocenters. The summed E-state index contributed by atoms with van der Waals surface area (Å²) in [5.74, 6) is 5.07. The van der Waals surface area contributed by atoms with Gasteiger partial charge in [-0.3, -0.25) is 0 Å². The van der Waals surface area contributed by atoms with Crippen molar-refractivity contribution in [1.29, 1.82) is 0 Å². The van der Waals surface area contributed by atoms with Gasteiger partial charge in [-0.1, -0.05) is 0 Å². The quantitative estimate of drug-likeness (QED) is 0.571. The normalized spacial score (nSPS) is 7.00. The van der Waals surface area contributed by atoms with E-state index in [1.807, 2.05) is 0 Å². The molecule has 1 heterocycles. The molecular weight excluding hydrogens is 200 g/mol. The predicted molar refractivity (Wildman–Crippen MR) is 43.3 cm³/mol. The van der Waals surface area contributed by atoms with Gasteiger partial charge in [0.25, 0.3) is 0 Å². The maximum atomic E-state index is 7.57. The number of halogens is 1. The van der Waals surface area contributed by atoms with Crippen LogP contribution in [0.25, 0.3) is 0 Å². The van der Waals surface area contributed by atoms with Gasteiger partial charge in [0.15, 0.2) is 0 Å². The van der Waals surface area contributed by atoms with Crippen LogP contribution in [0.2, 0.25) is 0 Å². The van der Waals surface area contributed by atoms with Crippen LogP contribution < -0.4 is 5.84 Å². The summed E-state index contributed by atoms with van der Waals surface area (Å²) in [5.41, 5.74) is 0. The van der Waals surface area contributed by atoms with Gasteiger partial charge in [0.2, 0.25) is 0 Å². The summed E-state index contributed by atoms with van der Waals surface area (Å²) >= 11 is 0. The van der Waals surface area contributed by atoms with Crippen molar-refractivity contribution in [2.24, 2.45) is 0 Å². The number of aliphatic hydroxyl groups excluding tert-OH is 1. The monoisotopic (exact) mass is 210 g/mol. The molecule has 0 spiro atoms. The van der Waals surface area contributed by atoms with Crippen LogP contribution in [0.4, 0.5) is 0 Å². The third-order valence-corrected chi connectivity index (χ3v) is 0.437. The smallest absolute Gasteiger partial charge is 0.138 e. The Morgan fingerprint density at radius 3 is 1.90 bits per heavy atom. The summed E-state index contributed by atoms with van der Waals surface area (Å²) in [6, 6.07) is 0. The standard InChI is InChI=1S/C2H4N4.C2H6O.BrH/c3-6-1-4-5-2-6;1-2-3;/h1-2H,3H2;3H,2H2,1H3;1H. The Labute approximate surface area is 69.6 Å². The van der Waals surface area contributed by atoms with Gasteiger partial charge in [0.1, 0.15) is 12.7 Å². The first-order valence-electron chi connectivity index (χ1n) is 2.51. The van der Waals surface area contributed by atoms with Crippen molar-refractivity contribution in [3.05, 3.63) is 12.7 Å². The van der Waals surface area contributed by atoms with Crippen LogP contribution in [0.5, 0.6) is 0 Å². The molecule has 0 aliphatic rings. The molecule has 0 unspecified atom stereocenters. The number of rotatable bonds is 0. The Morgan fingerprint density at radius 1 is 1.50 bits per heavy atom. The molecule has 0 radical (unpaired) electrons. The average Bonchev–Trinajstić information content (AvgIpc) is 2.20. The SMILES string of the molecule is Br.CCO.Nn1cnnc1. The number of nitrogen functional groups attached to an aromatic ring is 1. The van der Waals surface area contributed by atoms with E-state index in [1.54, 1.807) is 6.92 Å². The molecule has 0 saturated carbocycles. The van der Waals surface area contributed by atoms with E-state index in [0.717, 1.165) is 0 Å². The summed E-state index contributed by atoms with van der Waals surface area (Å²) < 4.78 is 1.28. The zero-order valence-corrected chi connectivity index (χ0v) is 7.35. The lowest BCUT2D eigenvalue weighted by molar-refractivity contribution is 0.318. The molecule has 0 aliphatic heterocycles. The molecular formula is C4H11BrN4O. The molecule has 0 fully saturated rings. The van der Waals surface area contributed by atoms with E-state index in [0.29, 0.717) is 0 Å². The van der Waals surface area contributed by atoms with E-state index in [-0.39, 0.29) is 23.6 Å². The van der Waals surface area contributed by atoms with Gasteiger partial charge in [-0.2, -0.15) is 0 Å². The van der Waals surface area contributed by atoms with E-state index in [1.165, 1.54) is 17.3 Å². The molecule has 3 N–H and O–H groups in total. The van der Waals surface area contributed by atoms with Gasteiger partial charge < -0.3 is 10.9 Å². The van der Waals surface area contributed by atoms with E-state index in [9.17, 15) is 0 Å². The highest BCUT2D eigenvalue weighted by atomic mass is 79.9. The molecule has 5 nitrogen and oxygen atoms in total. The molecule has 0 amide bonds. The number of aromatic nitrogens is 3. The Hall–Kier alpha value is -0.620. The van der Waals surface area contributed by atoms with Crippen molar-refractivity contribution in [3.63, 3.8) is 0 Å². The number of hydrogen-bond donors (Lipinski definition) is 2. The first-order valence-corrected chi connectivity index (χ1v) is 2.51. The fraction of sp³-hybridized carbons (Fsp3) is 0.500. The number of hydrogen-bond acceptors (Lipinski definition) is 4. The van der Waals surface area contributed by atoms with Crippen LogP contribution in [0.1, 0.15) is 6.92 Å². The first-order chi connectivity index (χ1) is 4.31. The first kappa shape index (κ1) is 12.1. The molecule has 0 bridgehead atoms. The number of nitrogens with zero attached hydrogens (tertiary/aromatic N) is 3. The largest absolute Gasteiger partial charge is 0.397 e. The van der Waals surface area contributed by atoms with Gasteiger partial charge in [0.05, 0.1) is 0 Å². The minimum absolute atomic E-state index is 0. The van der Waals surface area contributed by atoms with E-state index in [4.69, 9.17) is 10.9 Å². The zero-order valence-electron chi connectivity index (χ0n) is 5.64. The lowest BCUT2D eigenvalue weighted by Crippen LogP contribution is -2.02. The number of nitrogens with two attached hydrogens (primary N) is 1. The molecule has 1 aromatic rings. The Kier molecular flexibility index (Phi) is 10.1. The molecule has 10 heavy (non-hydrogen) atoms. The highest BCUT2D eigenvalue weighted by molar-refractivity contribution is 8.93. The second kappa shape index (κ2) is 8.38. The Bertz CT molecular complexity index is 132. The molecule has 0 aromatic carbocycles. The molecule has 0 saturated heterocycles. The van der Waals surface area contributed by atoms with Crippen molar-refractivity contribution in [3.8, 4) is 0 Å². The maximum absolute atomic E-state index is 7.57. The van der Waals surface area contributed by atoms with Crippen molar-refractivity contribution >= 4 is 17.0 Å². The van der Waals surface area contributed by atoms with Crippen LogP contribution in [-0.2, 0) is 0 Å². The van der Waals surface area contributed by atoms with Crippen LogP contribution >= 0.6 is 17.0 Å². The van der Waals surface area contributed by atoms with Gasteiger partial charge in [-0.25, -0.2) is 4.68 Å². The van der Waals surface area contributed by atoms with E-state index < -0.39 is 0 Å². The van der Waals surface area contributed by atoms with Crippen molar-refractivity contribution in [1.82, 2.24) is 14.9 Å². The Balaban J connectivity index is 0. The number of aliphatic hydroxyl groups is 1. The third-order valence-electron chi connectivity index (χ3n) is 0.437. The van der Waals surface area contributed by atoms with Crippen LogP contribution in [0.15, 0.2) is 12.7 Å². The highest BCUT2D eigenvalue weighted by Crippen LogP contribution is 1.61. The molecule has 1 aromatic heterocycles. The van der Waals surface area contributed by atoms with Gasteiger partial charge in [0, 0.05) is 6.61 Å². The van der Waals surface area contributed by atoms with Crippen molar-refractivity contribution in [2.75, 3.05) is 12.4 Å². The van der Waals surface area contributed by atoms with Gasteiger partial charge in [-0.05, 0) is 6.92 Å². The second-order valence-corrected chi connectivity index (χ2v) is 1.23. The maximum Gasteiger partial charge on any atom is 0.138 e. The van der Waals surface area contributed by atoms with Gasteiger partial charge in [-0.15, -0.1) is 27.2 Å². The minimum Gasteiger partial charge on any atom is -0.397 e. The van der Waals surface area contributed by atoms with Crippen LogP contribution in [-0.4, -0.2) is 26.6 Å². The Morgan fingerprint density at radius 2 is 1.80 bits per heavy atom. The fourth-order valence-corrected chi connectivity index (χ4v) is 0.209. The van der Waals surface area contributed by atoms with Crippen molar-refractivity contribution in [2.45, 2.75) is 6.92 Å². The van der Waals surface area contributed by atoms with Crippen LogP contribution in [0, 0.1) is 0 Å². The molecule has 1 rings (SSSR count). The van der Waals surface area contributed by atoms with Crippen LogP contribution in [0.3, 0.4) is 0 Å². The summed E-state index contributed by atoms with van der Waals surface area (Å²) in [7, 11) is 0. The summed E-state index contributed by atoms with van der Waals surface area (Å²) in [4.78, 5) is 0. The zero-order chi connectivity index (χ0) is 7.11. The molecule has 6 heteroatoms. The predicted octanol–water partition coefficient (Wildman–Crippen LogP) is -0.432. The summed E-state index contributed by atoms with van der Waals surface area (Å²) in [5, 5.41) is 14.4. The van der Waals surface area contributed by atoms with Crippen molar-refractivity contribution < 1.29 is 5.11 Å². The topological polar surface area (TPSA) is 77.0 Å². The minimum atomic E-state index is 0. The molecule has 0 aliphatic carbocycles. The fourth-order valence-electron chi connectivity index (χ4n) is 0.209. The third kappa shape index (κ3) is 7.38. The van der Waals surface area contributed by atoms with Gasteiger partial charge >= 0.3 is 0 Å². The second-order valence-electron chi connectivity index (χ2n) is 1.23. The summed E-state index contributed by atoms with van der Waals surface area (Å²) in [6.45, 7) is 1.93. The average molecular weight is 211 g/mol. The van der Waals surface area contributed by atoms with E-state index in [2.05, 4.69) is 10.2 Å².